The van der Waals surface area contributed by atoms with Gasteiger partial charge in [-0.3, -0.25) is 0 Å². The van der Waals surface area contributed by atoms with Crippen molar-refractivity contribution >= 4 is 21.6 Å². The standard InChI is InChI=1S/C14H21NO2S2/c1-3-15-14(11-4-5-11)10-18-12-6-8-13(9-7-12)19(2,16)17/h6-9,11,14-15H,3-5,10H2,1-2H3. The van der Waals surface area contributed by atoms with Crippen molar-refractivity contribution in [3.8, 4) is 0 Å². The van der Waals surface area contributed by atoms with Crippen LogP contribution in [0.3, 0.4) is 0 Å². The normalized spacial score (nSPS) is 17.4. The van der Waals surface area contributed by atoms with Crippen molar-refractivity contribution < 1.29 is 8.42 Å². The quantitative estimate of drug-likeness (QED) is 0.786. The van der Waals surface area contributed by atoms with Gasteiger partial charge in [0.25, 0.3) is 0 Å². The number of benzene rings is 1. The highest BCUT2D eigenvalue weighted by Crippen LogP contribution is 2.35. The zero-order chi connectivity index (χ0) is 13.9. The molecule has 19 heavy (non-hydrogen) atoms. The molecule has 1 aliphatic rings. The van der Waals surface area contributed by atoms with E-state index in [2.05, 4.69) is 12.2 Å². The molecule has 0 bridgehead atoms. The van der Waals surface area contributed by atoms with E-state index in [4.69, 9.17) is 0 Å². The summed E-state index contributed by atoms with van der Waals surface area (Å²) in [5.74, 6) is 1.89. The summed E-state index contributed by atoms with van der Waals surface area (Å²) in [7, 11) is -3.08. The minimum atomic E-state index is -3.08. The van der Waals surface area contributed by atoms with E-state index >= 15 is 0 Å². The second-order valence-corrected chi connectivity index (χ2v) is 8.17. The topological polar surface area (TPSA) is 46.2 Å². The molecule has 3 nitrogen and oxygen atoms in total. The molecule has 1 atom stereocenters. The van der Waals surface area contributed by atoms with Gasteiger partial charge < -0.3 is 5.32 Å². The number of thioether (sulfide) groups is 1. The van der Waals surface area contributed by atoms with Crippen molar-refractivity contribution in [2.75, 3.05) is 18.6 Å². The third kappa shape index (κ3) is 4.51. The summed E-state index contributed by atoms with van der Waals surface area (Å²) in [4.78, 5) is 1.53. The van der Waals surface area contributed by atoms with Crippen molar-refractivity contribution in [3.05, 3.63) is 24.3 Å². The number of rotatable bonds is 7. The molecule has 1 aliphatic carbocycles. The van der Waals surface area contributed by atoms with Crippen LogP contribution in [0.2, 0.25) is 0 Å². The van der Waals surface area contributed by atoms with Gasteiger partial charge in [0.1, 0.15) is 0 Å². The van der Waals surface area contributed by atoms with Crippen molar-refractivity contribution in [1.82, 2.24) is 5.32 Å². The maximum absolute atomic E-state index is 11.4. The third-order valence-corrected chi connectivity index (χ3v) is 5.60. The van der Waals surface area contributed by atoms with Crippen molar-refractivity contribution in [2.45, 2.75) is 35.6 Å². The fourth-order valence-electron chi connectivity index (χ4n) is 2.09. The average molecular weight is 299 g/mol. The van der Waals surface area contributed by atoms with Crippen LogP contribution in [-0.2, 0) is 9.84 Å². The Hall–Kier alpha value is -0.520. The van der Waals surface area contributed by atoms with E-state index in [-0.39, 0.29) is 0 Å². The van der Waals surface area contributed by atoms with E-state index in [9.17, 15) is 8.42 Å². The van der Waals surface area contributed by atoms with Gasteiger partial charge in [-0.1, -0.05) is 6.92 Å². The summed E-state index contributed by atoms with van der Waals surface area (Å²) < 4.78 is 22.8. The predicted octanol–water partition coefficient (Wildman–Crippen LogP) is 2.57. The number of nitrogens with one attached hydrogen (secondary N) is 1. The fourth-order valence-corrected chi connectivity index (χ4v) is 3.81. The Labute approximate surface area is 120 Å². The highest BCUT2D eigenvalue weighted by atomic mass is 32.2. The van der Waals surface area contributed by atoms with Gasteiger partial charge >= 0.3 is 0 Å². The molecule has 0 spiro atoms. The van der Waals surface area contributed by atoms with E-state index in [0.717, 1.165) is 23.1 Å². The molecule has 1 unspecified atom stereocenters. The Morgan fingerprint density at radius 3 is 2.42 bits per heavy atom. The van der Waals surface area contributed by atoms with Crippen LogP contribution in [0.1, 0.15) is 19.8 Å². The maximum Gasteiger partial charge on any atom is 0.175 e. The molecule has 1 fully saturated rings. The van der Waals surface area contributed by atoms with Gasteiger partial charge in [-0.25, -0.2) is 8.42 Å². The lowest BCUT2D eigenvalue weighted by Crippen LogP contribution is -2.33. The first-order valence-electron chi connectivity index (χ1n) is 6.67. The van der Waals surface area contributed by atoms with E-state index in [1.54, 1.807) is 23.9 Å². The predicted molar refractivity (Wildman–Crippen MR) is 80.5 cm³/mol. The van der Waals surface area contributed by atoms with Gasteiger partial charge in [0, 0.05) is 22.9 Å². The first kappa shape index (κ1) is 14.9. The maximum atomic E-state index is 11.4. The Balaban J connectivity index is 1.92. The van der Waals surface area contributed by atoms with Crippen LogP contribution in [-0.4, -0.2) is 33.0 Å². The lowest BCUT2D eigenvalue weighted by atomic mass is 10.2. The Kier molecular flexibility index (Phi) is 4.92. The molecule has 1 N–H and O–H groups in total. The molecule has 0 amide bonds. The molecule has 1 aromatic carbocycles. The van der Waals surface area contributed by atoms with E-state index < -0.39 is 9.84 Å². The summed E-state index contributed by atoms with van der Waals surface area (Å²) in [5.41, 5.74) is 0. The van der Waals surface area contributed by atoms with E-state index in [1.807, 2.05) is 12.1 Å². The van der Waals surface area contributed by atoms with Crippen LogP contribution < -0.4 is 5.32 Å². The SMILES string of the molecule is CCNC(CSc1ccc(S(C)(=O)=O)cc1)C1CC1. The van der Waals surface area contributed by atoms with Crippen LogP contribution in [0, 0.1) is 5.92 Å². The molecule has 0 radical (unpaired) electrons. The molecule has 0 aliphatic heterocycles. The van der Waals surface area contributed by atoms with Crippen LogP contribution >= 0.6 is 11.8 Å². The van der Waals surface area contributed by atoms with Gasteiger partial charge in [0.15, 0.2) is 9.84 Å². The molecule has 0 saturated heterocycles. The second-order valence-electron chi connectivity index (χ2n) is 5.06. The summed E-state index contributed by atoms with van der Waals surface area (Å²) in [5, 5.41) is 3.53. The molecule has 0 aromatic heterocycles. The number of hydrogen-bond acceptors (Lipinski definition) is 4. The van der Waals surface area contributed by atoms with Crippen LogP contribution in [0.25, 0.3) is 0 Å². The van der Waals surface area contributed by atoms with Gasteiger partial charge in [-0.05, 0) is 49.6 Å². The Morgan fingerprint density at radius 2 is 1.95 bits per heavy atom. The highest BCUT2D eigenvalue weighted by molar-refractivity contribution is 7.99. The monoisotopic (exact) mass is 299 g/mol. The molecule has 5 heteroatoms. The Morgan fingerprint density at radius 1 is 1.32 bits per heavy atom. The molecular formula is C14H21NO2S2. The fraction of sp³-hybridized carbons (Fsp3) is 0.571. The molecule has 106 valence electrons. The molecule has 1 aromatic rings. The largest absolute Gasteiger partial charge is 0.313 e. The van der Waals surface area contributed by atoms with Gasteiger partial charge in [0.05, 0.1) is 4.90 Å². The molecule has 0 heterocycles. The van der Waals surface area contributed by atoms with Crippen LogP contribution in [0.4, 0.5) is 0 Å². The first-order chi connectivity index (χ1) is 9.00. The summed E-state index contributed by atoms with van der Waals surface area (Å²) in [6, 6.07) is 7.77. The summed E-state index contributed by atoms with van der Waals surface area (Å²) >= 11 is 1.80. The minimum Gasteiger partial charge on any atom is -0.313 e. The van der Waals surface area contributed by atoms with E-state index in [1.165, 1.54) is 19.1 Å². The molecular weight excluding hydrogens is 278 g/mol. The Bertz CT molecular complexity index is 507. The molecule has 2 rings (SSSR count). The van der Waals surface area contributed by atoms with Crippen molar-refractivity contribution in [3.63, 3.8) is 0 Å². The first-order valence-corrected chi connectivity index (χ1v) is 9.54. The van der Waals surface area contributed by atoms with Gasteiger partial charge in [-0.2, -0.15) is 0 Å². The zero-order valence-corrected chi connectivity index (χ0v) is 13.1. The lowest BCUT2D eigenvalue weighted by Gasteiger charge is -2.16. The summed E-state index contributed by atoms with van der Waals surface area (Å²) in [6.45, 7) is 3.15. The molecule has 1 saturated carbocycles. The minimum absolute atomic E-state index is 0.391. The average Bonchev–Trinajstić information content (AvgIpc) is 3.18. The third-order valence-electron chi connectivity index (χ3n) is 3.34. The highest BCUT2D eigenvalue weighted by Gasteiger charge is 2.30. The summed E-state index contributed by atoms with van der Waals surface area (Å²) in [6.07, 6.45) is 3.92. The second kappa shape index (κ2) is 6.29. The number of sulfone groups is 1. The lowest BCUT2D eigenvalue weighted by molar-refractivity contribution is 0.519. The number of hydrogen-bond donors (Lipinski definition) is 1. The van der Waals surface area contributed by atoms with Gasteiger partial charge in [-0.15, -0.1) is 11.8 Å². The van der Waals surface area contributed by atoms with Gasteiger partial charge in [0.2, 0.25) is 0 Å². The zero-order valence-electron chi connectivity index (χ0n) is 11.4. The smallest absolute Gasteiger partial charge is 0.175 e. The van der Waals surface area contributed by atoms with Crippen LogP contribution in [0.15, 0.2) is 34.1 Å². The van der Waals surface area contributed by atoms with Crippen LogP contribution in [0.5, 0.6) is 0 Å². The van der Waals surface area contributed by atoms with Crippen molar-refractivity contribution in [1.29, 1.82) is 0 Å². The van der Waals surface area contributed by atoms with E-state index in [0.29, 0.717) is 10.9 Å². The van der Waals surface area contributed by atoms with Crippen molar-refractivity contribution in [2.24, 2.45) is 5.92 Å².